The van der Waals surface area contributed by atoms with Gasteiger partial charge in [-0.05, 0) is 19.1 Å². The van der Waals surface area contributed by atoms with E-state index in [2.05, 4.69) is 25.6 Å². The highest BCUT2D eigenvalue weighted by Crippen LogP contribution is 2.09. The molecule has 0 saturated carbocycles. The number of nitrogens with zero attached hydrogens (tertiary/aromatic N) is 3. The lowest BCUT2D eigenvalue weighted by molar-refractivity contribution is 0.102. The number of amides is 1. The van der Waals surface area contributed by atoms with Crippen molar-refractivity contribution in [1.29, 1.82) is 0 Å². The highest BCUT2D eigenvalue weighted by molar-refractivity contribution is 6.04. The number of aromatic nitrogens is 3. The third-order valence-electron chi connectivity index (χ3n) is 2.20. The van der Waals surface area contributed by atoms with Crippen LogP contribution in [0.5, 0.6) is 0 Å². The Morgan fingerprint density at radius 1 is 1.33 bits per heavy atom. The molecule has 6 heteroatoms. The number of nitrogens with one attached hydrogen (secondary N) is 2. The van der Waals surface area contributed by atoms with E-state index in [0.29, 0.717) is 17.1 Å². The van der Waals surface area contributed by atoms with Crippen LogP contribution in [0.1, 0.15) is 17.3 Å². The highest BCUT2D eigenvalue weighted by Gasteiger charge is 2.07. The molecule has 92 valence electrons. The van der Waals surface area contributed by atoms with Gasteiger partial charge in [-0.3, -0.25) is 4.79 Å². The molecule has 0 radical (unpaired) electrons. The van der Waals surface area contributed by atoms with E-state index in [1.165, 1.54) is 18.7 Å². The number of carbonyl (C=O) groups is 1. The second-order valence-corrected chi connectivity index (χ2v) is 3.54. The molecule has 2 heterocycles. The van der Waals surface area contributed by atoms with E-state index in [4.69, 9.17) is 0 Å². The highest BCUT2D eigenvalue weighted by atomic mass is 16.1. The lowest BCUT2D eigenvalue weighted by Gasteiger charge is -2.06. The zero-order valence-electron chi connectivity index (χ0n) is 9.92. The van der Waals surface area contributed by atoms with Gasteiger partial charge in [0.1, 0.15) is 12.1 Å². The molecule has 2 aromatic heterocycles. The van der Waals surface area contributed by atoms with Crippen LogP contribution in [0.4, 0.5) is 11.5 Å². The van der Waals surface area contributed by atoms with Crippen LogP contribution in [-0.2, 0) is 0 Å². The molecule has 2 N–H and O–H groups in total. The largest absolute Gasteiger partial charge is 0.370 e. The zero-order chi connectivity index (χ0) is 12.8. The lowest BCUT2D eigenvalue weighted by atomic mass is 10.2. The third kappa shape index (κ3) is 3.00. The molecule has 18 heavy (non-hydrogen) atoms. The van der Waals surface area contributed by atoms with Crippen LogP contribution in [0, 0.1) is 0 Å². The van der Waals surface area contributed by atoms with E-state index >= 15 is 0 Å². The summed E-state index contributed by atoms with van der Waals surface area (Å²) < 4.78 is 0. The van der Waals surface area contributed by atoms with E-state index in [1.54, 1.807) is 18.3 Å². The molecule has 0 aromatic carbocycles. The summed E-state index contributed by atoms with van der Waals surface area (Å²) in [5, 5.41) is 5.76. The summed E-state index contributed by atoms with van der Waals surface area (Å²) in [6.45, 7) is 2.72. The van der Waals surface area contributed by atoms with Gasteiger partial charge in [0.25, 0.3) is 5.91 Å². The molecular weight excluding hydrogens is 230 g/mol. The molecule has 6 nitrogen and oxygen atoms in total. The van der Waals surface area contributed by atoms with Crippen molar-refractivity contribution in [3.63, 3.8) is 0 Å². The van der Waals surface area contributed by atoms with Gasteiger partial charge in [-0.15, -0.1) is 0 Å². The molecular formula is C12H13N5O. The first-order valence-corrected chi connectivity index (χ1v) is 5.56. The van der Waals surface area contributed by atoms with E-state index in [-0.39, 0.29) is 5.91 Å². The first-order chi connectivity index (χ1) is 8.79. The van der Waals surface area contributed by atoms with Crippen LogP contribution in [0.25, 0.3) is 0 Å². The molecule has 0 saturated heterocycles. The van der Waals surface area contributed by atoms with Crippen molar-refractivity contribution in [3.05, 3.63) is 42.6 Å². The Labute approximate surface area is 105 Å². The smallest absolute Gasteiger partial charge is 0.255 e. The fourth-order valence-corrected chi connectivity index (χ4v) is 1.42. The van der Waals surface area contributed by atoms with Crippen molar-refractivity contribution >= 4 is 17.4 Å². The standard InChI is InChI=1S/C12H13N5O/c1-2-15-11-5-9(3-4-16-11)12(18)17-10-6-13-8-14-7-10/h3-8H,2H2,1H3,(H,15,16)(H,17,18). The number of anilines is 2. The molecule has 0 spiro atoms. The van der Waals surface area contributed by atoms with Gasteiger partial charge in [0, 0.05) is 18.3 Å². The van der Waals surface area contributed by atoms with Gasteiger partial charge in [-0.2, -0.15) is 0 Å². The predicted molar refractivity (Wildman–Crippen MR) is 68.4 cm³/mol. The zero-order valence-corrected chi connectivity index (χ0v) is 9.92. The quantitative estimate of drug-likeness (QED) is 0.851. The number of pyridine rings is 1. The van der Waals surface area contributed by atoms with Gasteiger partial charge in [0.05, 0.1) is 18.1 Å². The normalized spacial score (nSPS) is 9.83. The summed E-state index contributed by atoms with van der Waals surface area (Å²) in [5.74, 6) is 0.459. The van der Waals surface area contributed by atoms with Crippen molar-refractivity contribution < 1.29 is 4.79 Å². The maximum Gasteiger partial charge on any atom is 0.255 e. The molecule has 0 fully saturated rings. The van der Waals surface area contributed by atoms with Gasteiger partial charge >= 0.3 is 0 Å². The van der Waals surface area contributed by atoms with Crippen molar-refractivity contribution in [2.24, 2.45) is 0 Å². The Kier molecular flexibility index (Phi) is 3.80. The Morgan fingerprint density at radius 2 is 2.11 bits per heavy atom. The number of carbonyl (C=O) groups excluding carboxylic acids is 1. The Hall–Kier alpha value is -2.50. The van der Waals surface area contributed by atoms with Gasteiger partial charge in [0.2, 0.25) is 0 Å². The van der Waals surface area contributed by atoms with E-state index in [1.807, 2.05) is 6.92 Å². The fraction of sp³-hybridized carbons (Fsp3) is 0.167. The first-order valence-electron chi connectivity index (χ1n) is 5.56. The van der Waals surface area contributed by atoms with Crippen molar-refractivity contribution in [3.8, 4) is 0 Å². The second-order valence-electron chi connectivity index (χ2n) is 3.54. The third-order valence-corrected chi connectivity index (χ3v) is 2.20. The lowest BCUT2D eigenvalue weighted by Crippen LogP contribution is -2.13. The SMILES string of the molecule is CCNc1cc(C(=O)Nc2cncnc2)ccn1. The Bertz CT molecular complexity index is 529. The monoisotopic (exact) mass is 243 g/mol. The maximum absolute atomic E-state index is 11.9. The van der Waals surface area contributed by atoms with Crippen LogP contribution in [-0.4, -0.2) is 27.4 Å². The summed E-state index contributed by atoms with van der Waals surface area (Å²) >= 11 is 0. The van der Waals surface area contributed by atoms with E-state index in [9.17, 15) is 4.79 Å². The Morgan fingerprint density at radius 3 is 2.83 bits per heavy atom. The van der Waals surface area contributed by atoms with Crippen LogP contribution in [0.2, 0.25) is 0 Å². The molecule has 0 atom stereocenters. The molecule has 2 aromatic rings. The minimum absolute atomic E-state index is 0.216. The summed E-state index contributed by atoms with van der Waals surface area (Å²) in [7, 11) is 0. The summed E-state index contributed by atoms with van der Waals surface area (Å²) in [6.07, 6.45) is 6.08. The summed E-state index contributed by atoms with van der Waals surface area (Å²) in [5.41, 5.74) is 1.09. The molecule has 1 amide bonds. The minimum Gasteiger partial charge on any atom is -0.370 e. The molecule has 0 aliphatic carbocycles. The number of hydrogen-bond acceptors (Lipinski definition) is 5. The predicted octanol–water partition coefficient (Wildman–Crippen LogP) is 1.56. The molecule has 0 unspecified atom stereocenters. The van der Waals surface area contributed by atoms with E-state index < -0.39 is 0 Å². The van der Waals surface area contributed by atoms with Crippen LogP contribution in [0.3, 0.4) is 0 Å². The molecule has 0 aliphatic heterocycles. The summed E-state index contributed by atoms with van der Waals surface area (Å²) in [4.78, 5) is 23.7. The first kappa shape index (κ1) is 12.0. The fourth-order valence-electron chi connectivity index (χ4n) is 1.42. The summed E-state index contributed by atoms with van der Waals surface area (Å²) in [6, 6.07) is 3.35. The van der Waals surface area contributed by atoms with Gasteiger partial charge < -0.3 is 10.6 Å². The van der Waals surface area contributed by atoms with Crippen LogP contribution < -0.4 is 10.6 Å². The topological polar surface area (TPSA) is 79.8 Å². The van der Waals surface area contributed by atoms with Crippen LogP contribution >= 0.6 is 0 Å². The minimum atomic E-state index is -0.216. The average Bonchev–Trinajstić information content (AvgIpc) is 2.40. The molecule has 0 aliphatic rings. The molecule has 0 bridgehead atoms. The van der Waals surface area contributed by atoms with Crippen molar-refractivity contribution in [1.82, 2.24) is 15.0 Å². The van der Waals surface area contributed by atoms with Crippen LogP contribution in [0.15, 0.2) is 37.1 Å². The van der Waals surface area contributed by atoms with Gasteiger partial charge in [-0.25, -0.2) is 15.0 Å². The number of hydrogen-bond donors (Lipinski definition) is 2. The second kappa shape index (κ2) is 5.72. The van der Waals surface area contributed by atoms with Gasteiger partial charge in [0.15, 0.2) is 0 Å². The average molecular weight is 243 g/mol. The van der Waals surface area contributed by atoms with E-state index in [0.717, 1.165) is 6.54 Å². The van der Waals surface area contributed by atoms with Crippen molar-refractivity contribution in [2.75, 3.05) is 17.2 Å². The van der Waals surface area contributed by atoms with Gasteiger partial charge in [-0.1, -0.05) is 0 Å². The van der Waals surface area contributed by atoms with Crippen molar-refractivity contribution in [2.45, 2.75) is 6.92 Å². The number of rotatable bonds is 4. The Balaban J connectivity index is 2.11. The molecule has 2 rings (SSSR count). The maximum atomic E-state index is 11.9.